The zero-order valence-corrected chi connectivity index (χ0v) is 13.8. The van der Waals surface area contributed by atoms with Crippen LogP contribution in [0.2, 0.25) is 0 Å². The molecule has 0 unspecified atom stereocenters. The van der Waals surface area contributed by atoms with E-state index in [9.17, 15) is 13.6 Å². The Labute approximate surface area is 143 Å². The molecule has 1 amide bonds. The number of hydrogen-bond donors (Lipinski definition) is 2. The number of rotatable bonds is 9. The van der Waals surface area contributed by atoms with Gasteiger partial charge in [0.2, 0.25) is 17.6 Å². The van der Waals surface area contributed by atoms with Crippen LogP contribution in [-0.2, 0) is 11.2 Å². The average molecular weight is 354 g/mol. The van der Waals surface area contributed by atoms with Crippen LogP contribution < -0.4 is 15.8 Å². The van der Waals surface area contributed by atoms with Crippen LogP contribution in [0.3, 0.4) is 0 Å². The van der Waals surface area contributed by atoms with Gasteiger partial charge in [0.1, 0.15) is 5.75 Å². The normalized spacial score (nSPS) is 11.4. The van der Waals surface area contributed by atoms with Crippen LogP contribution in [0, 0.1) is 0 Å². The fourth-order valence-corrected chi connectivity index (χ4v) is 1.95. The summed E-state index contributed by atoms with van der Waals surface area (Å²) in [7, 11) is 0. The molecule has 3 N–H and O–H groups in total. The van der Waals surface area contributed by atoms with Gasteiger partial charge in [-0.2, -0.15) is 4.98 Å². The topological polar surface area (TPSA) is 103 Å². The van der Waals surface area contributed by atoms with E-state index in [2.05, 4.69) is 15.5 Å². The van der Waals surface area contributed by atoms with Crippen molar-refractivity contribution < 1.29 is 22.8 Å². The third-order valence-corrected chi connectivity index (χ3v) is 3.30. The highest BCUT2D eigenvalue weighted by molar-refractivity contribution is 5.76. The maximum absolute atomic E-state index is 13.0. The van der Waals surface area contributed by atoms with E-state index in [-0.39, 0.29) is 18.7 Å². The maximum Gasteiger partial charge on any atom is 0.277 e. The minimum Gasteiger partial charge on any atom is -0.494 e. The number of amides is 1. The molecule has 2 rings (SSSR count). The van der Waals surface area contributed by atoms with Gasteiger partial charge in [0.15, 0.2) is 0 Å². The Balaban J connectivity index is 1.86. The monoisotopic (exact) mass is 354 g/mol. The van der Waals surface area contributed by atoms with E-state index in [1.165, 1.54) is 0 Å². The lowest BCUT2D eigenvalue weighted by Crippen LogP contribution is -2.41. The van der Waals surface area contributed by atoms with E-state index in [0.717, 1.165) is 11.3 Å². The van der Waals surface area contributed by atoms with Crippen molar-refractivity contribution in [1.29, 1.82) is 0 Å². The van der Waals surface area contributed by atoms with Gasteiger partial charge in [0.25, 0.3) is 5.92 Å². The zero-order valence-electron chi connectivity index (χ0n) is 13.8. The summed E-state index contributed by atoms with van der Waals surface area (Å²) in [5.41, 5.74) is 5.64. The molecule has 1 aromatic carbocycles. The third-order valence-electron chi connectivity index (χ3n) is 3.30. The number of aromatic nitrogens is 2. The quantitative estimate of drug-likeness (QED) is 0.711. The van der Waals surface area contributed by atoms with Crippen LogP contribution in [0.5, 0.6) is 5.75 Å². The number of aryl methyl sites for hydroxylation is 1. The molecule has 0 spiro atoms. The smallest absolute Gasteiger partial charge is 0.277 e. The number of carbonyl (C=O) groups is 1. The summed E-state index contributed by atoms with van der Waals surface area (Å²) in [6, 6.07) is 7.17. The van der Waals surface area contributed by atoms with Crippen molar-refractivity contribution in [3.63, 3.8) is 0 Å². The van der Waals surface area contributed by atoms with E-state index >= 15 is 0 Å². The first-order valence-corrected chi connectivity index (χ1v) is 7.84. The van der Waals surface area contributed by atoms with Gasteiger partial charge in [0, 0.05) is 18.4 Å². The van der Waals surface area contributed by atoms with Crippen LogP contribution in [-0.4, -0.2) is 41.7 Å². The number of benzene rings is 1. The van der Waals surface area contributed by atoms with Crippen molar-refractivity contribution >= 4 is 5.91 Å². The number of hydrogen-bond acceptors (Lipinski definition) is 6. The van der Waals surface area contributed by atoms with Gasteiger partial charge in [-0.25, -0.2) is 8.78 Å². The summed E-state index contributed by atoms with van der Waals surface area (Å²) < 4.78 is 36.3. The lowest BCUT2D eigenvalue weighted by Gasteiger charge is -2.14. The largest absolute Gasteiger partial charge is 0.494 e. The molecule has 0 atom stereocenters. The minimum absolute atomic E-state index is 0.0361. The number of nitrogens with zero attached hydrogens (tertiary/aromatic N) is 2. The SMILES string of the molecule is CCOc1ccc(-c2noc(CCC(=O)NCC(F)(F)CN)n2)cc1. The van der Waals surface area contributed by atoms with E-state index in [0.29, 0.717) is 12.4 Å². The molecule has 0 bridgehead atoms. The van der Waals surface area contributed by atoms with Gasteiger partial charge in [-0.05, 0) is 31.2 Å². The standard InChI is InChI=1S/C16H20F2N4O3/c1-2-24-12-5-3-11(4-6-12)15-21-14(25-22-15)8-7-13(23)20-10-16(17,18)9-19/h3-6H,2,7-10,19H2,1H3,(H,20,23). The van der Waals surface area contributed by atoms with Gasteiger partial charge >= 0.3 is 0 Å². The zero-order chi connectivity index (χ0) is 18.3. The van der Waals surface area contributed by atoms with Crippen molar-refractivity contribution in [1.82, 2.24) is 15.5 Å². The molecule has 25 heavy (non-hydrogen) atoms. The number of carbonyl (C=O) groups excluding carboxylic acids is 1. The second-order valence-electron chi connectivity index (χ2n) is 5.31. The van der Waals surface area contributed by atoms with Gasteiger partial charge in [-0.3, -0.25) is 4.79 Å². The number of ether oxygens (including phenoxy) is 1. The van der Waals surface area contributed by atoms with Crippen molar-refractivity contribution in [3.8, 4) is 17.1 Å². The Morgan fingerprint density at radius 3 is 2.72 bits per heavy atom. The molecule has 136 valence electrons. The Kier molecular flexibility index (Phi) is 6.40. The van der Waals surface area contributed by atoms with Crippen molar-refractivity contribution in [3.05, 3.63) is 30.2 Å². The molecule has 2 aromatic rings. The Morgan fingerprint density at radius 2 is 2.08 bits per heavy atom. The Bertz CT molecular complexity index is 689. The first-order chi connectivity index (χ1) is 11.9. The molecule has 1 aromatic heterocycles. The summed E-state index contributed by atoms with van der Waals surface area (Å²) in [6.45, 7) is 0.865. The molecular formula is C16H20F2N4O3. The fourth-order valence-electron chi connectivity index (χ4n) is 1.95. The van der Waals surface area contributed by atoms with Gasteiger partial charge in [0.05, 0.1) is 19.7 Å². The lowest BCUT2D eigenvalue weighted by atomic mass is 10.2. The van der Waals surface area contributed by atoms with Crippen molar-refractivity contribution in [2.75, 3.05) is 19.7 Å². The summed E-state index contributed by atoms with van der Waals surface area (Å²) in [4.78, 5) is 15.8. The van der Waals surface area contributed by atoms with Crippen LogP contribution in [0.4, 0.5) is 8.78 Å². The van der Waals surface area contributed by atoms with Gasteiger partial charge in [-0.1, -0.05) is 5.16 Å². The second kappa shape index (κ2) is 8.52. The maximum atomic E-state index is 13.0. The molecule has 0 saturated heterocycles. The first kappa shape index (κ1) is 18.8. The molecule has 1 heterocycles. The number of nitrogens with one attached hydrogen (secondary N) is 1. The van der Waals surface area contributed by atoms with Crippen LogP contribution >= 0.6 is 0 Å². The molecule has 0 saturated carbocycles. The Morgan fingerprint density at radius 1 is 1.36 bits per heavy atom. The fraction of sp³-hybridized carbons (Fsp3) is 0.438. The van der Waals surface area contributed by atoms with E-state index < -0.39 is 24.9 Å². The molecule has 0 radical (unpaired) electrons. The predicted octanol–water partition coefficient (Wildman–Crippen LogP) is 1.78. The Hall–Kier alpha value is -2.55. The molecular weight excluding hydrogens is 334 g/mol. The molecule has 0 aliphatic rings. The van der Waals surface area contributed by atoms with E-state index in [1.807, 2.05) is 6.92 Å². The molecule has 0 fully saturated rings. The first-order valence-electron chi connectivity index (χ1n) is 7.84. The minimum atomic E-state index is -3.11. The van der Waals surface area contributed by atoms with Crippen LogP contribution in [0.15, 0.2) is 28.8 Å². The predicted molar refractivity (Wildman–Crippen MR) is 86.2 cm³/mol. The average Bonchev–Trinajstić information content (AvgIpc) is 3.08. The molecule has 9 heteroatoms. The van der Waals surface area contributed by atoms with Gasteiger partial charge < -0.3 is 20.3 Å². The number of nitrogens with two attached hydrogens (primary N) is 1. The highest BCUT2D eigenvalue weighted by Gasteiger charge is 2.27. The lowest BCUT2D eigenvalue weighted by molar-refractivity contribution is -0.122. The van der Waals surface area contributed by atoms with Crippen LogP contribution in [0.1, 0.15) is 19.2 Å². The number of halogens is 2. The van der Waals surface area contributed by atoms with E-state index in [1.54, 1.807) is 24.3 Å². The van der Waals surface area contributed by atoms with E-state index in [4.69, 9.17) is 15.0 Å². The van der Waals surface area contributed by atoms with Crippen LogP contribution in [0.25, 0.3) is 11.4 Å². The summed E-state index contributed by atoms with van der Waals surface area (Å²) in [6.07, 6.45) is 0.121. The molecule has 0 aliphatic heterocycles. The molecule has 7 nitrogen and oxygen atoms in total. The molecule has 0 aliphatic carbocycles. The van der Waals surface area contributed by atoms with Gasteiger partial charge in [-0.15, -0.1) is 0 Å². The summed E-state index contributed by atoms with van der Waals surface area (Å²) >= 11 is 0. The summed E-state index contributed by atoms with van der Waals surface area (Å²) in [5, 5.41) is 5.97. The van der Waals surface area contributed by atoms with Crippen molar-refractivity contribution in [2.24, 2.45) is 5.73 Å². The number of alkyl halides is 2. The summed E-state index contributed by atoms with van der Waals surface area (Å²) in [5.74, 6) is -2.27. The third kappa shape index (κ3) is 5.79. The van der Waals surface area contributed by atoms with Crippen molar-refractivity contribution in [2.45, 2.75) is 25.7 Å². The second-order valence-corrected chi connectivity index (χ2v) is 5.31. The highest BCUT2D eigenvalue weighted by Crippen LogP contribution is 2.20. The highest BCUT2D eigenvalue weighted by atomic mass is 19.3.